The second-order valence-electron chi connectivity index (χ2n) is 7.81. The molecule has 1 aromatic heterocycles. The highest BCUT2D eigenvalue weighted by Crippen LogP contribution is 2.38. The van der Waals surface area contributed by atoms with Gasteiger partial charge in [-0.05, 0) is 36.4 Å². The molecule has 0 saturated heterocycles. The van der Waals surface area contributed by atoms with Crippen molar-refractivity contribution in [2.45, 2.75) is 6.92 Å². The Morgan fingerprint density at radius 3 is 1.85 bits per heavy atom. The Morgan fingerprint density at radius 1 is 0.706 bits per heavy atom. The molecule has 0 unspecified atom stereocenters. The highest BCUT2D eigenvalue weighted by molar-refractivity contribution is 5.84. The van der Waals surface area contributed by atoms with Crippen LogP contribution in [0.4, 0.5) is 5.69 Å². The molecular formula is C29H23N3O2. The first-order valence-corrected chi connectivity index (χ1v) is 11.0. The van der Waals surface area contributed by atoms with E-state index >= 15 is 0 Å². The normalized spacial score (nSPS) is 10.6. The maximum atomic E-state index is 11.1. The molecule has 5 heteroatoms. The van der Waals surface area contributed by atoms with Gasteiger partial charge in [-0.25, -0.2) is 10.5 Å². The lowest BCUT2D eigenvalue weighted by Crippen LogP contribution is -2.06. The fourth-order valence-corrected chi connectivity index (χ4v) is 3.92. The summed E-state index contributed by atoms with van der Waals surface area (Å²) in [6.45, 7) is 1.36. The number of nitrogens with zero attached hydrogens (tertiary/aromatic N) is 2. The van der Waals surface area contributed by atoms with E-state index in [4.69, 9.17) is 9.82 Å². The number of rotatable bonds is 6. The number of para-hydroxylation sites is 1. The molecule has 34 heavy (non-hydrogen) atoms. The van der Waals surface area contributed by atoms with Crippen molar-refractivity contribution in [1.82, 2.24) is 9.55 Å². The first-order chi connectivity index (χ1) is 16.7. The lowest BCUT2D eigenvalue weighted by atomic mass is 10.0. The van der Waals surface area contributed by atoms with Crippen LogP contribution in [0.3, 0.4) is 0 Å². The van der Waals surface area contributed by atoms with Gasteiger partial charge in [0.05, 0.1) is 17.1 Å². The largest absolute Gasteiger partial charge is 0.344 e. The van der Waals surface area contributed by atoms with E-state index in [2.05, 4.69) is 46.4 Å². The van der Waals surface area contributed by atoms with Gasteiger partial charge in [0.1, 0.15) is 5.82 Å². The molecule has 5 aromatic rings. The van der Waals surface area contributed by atoms with Crippen LogP contribution in [0.15, 0.2) is 115 Å². The summed E-state index contributed by atoms with van der Waals surface area (Å²) in [6, 6.07) is 38.5. The van der Waals surface area contributed by atoms with Gasteiger partial charge in [0.15, 0.2) is 0 Å². The van der Waals surface area contributed by atoms with Gasteiger partial charge < -0.3 is 4.84 Å². The lowest BCUT2D eigenvalue weighted by Gasteiger charge is -2.14. The molecule has 1 N–H and O–H groups in total. The van der Waals surface area contributed by atoms with Crippen molar-refractivity contribution >= 4 is 11.7 Å². The minimum atomic E-state index is -0.399. The molecule has 0 amide bonds. The number of hydrogen-bond donors (Lipinski definition) is 1. The monoisotopic (exact) mass is 445 g/mol. The molecule has 0 fully saturated rings. The molecule has 4 aromatic carbocycles. The minimum Gasteiger partial charge on any atom is -0.344 e. The zero-order valence-corrected chi connectivity index (χ0v) is 18.7. The van der Waals surface area contributed by atoms with Crippen LogP contribution in [0.1, 0.15) is 6.92 Å². The van der Waals surface area contributed by atoms with Gasteiger partial charge in [-0.2, -0.15) is 0 Å². The maximum absolute atomic E-state index is 11.1. The SMILES string of the molecule is CC(=O)ONc1ccc(-c2nc(-c3ccccc3)c(-c3ccccc3)n2-c2ccccc2)cc1. The predicted octanol–water partition coefficient (Wildman–Crippen LogP) is 6.76. The van der Waals surface area contributed by atoms with Gasteiger partial charge in [-0.3, -0.25) is 9.36 Å². The summed E-state index contributed by atoms with van der Waals surface area (Å²) < 4.78 is 2.20. The topological polar surface area (TPSA) is 56.1 Å². The Kier molecular flexibility index (Phi) is 5.91. The number of carbonyl (C=O) groups is 1. The molecule has 0 aliphatic carbocycles. The average Bonchev–Trinajstić information content (AvgIpc) is 3.30. The second-order valence-corrected chi connectivity index (χ2v) is 7.81. The van der Waals surface area contributed by atoms with Crippen molar-refractivity contribution in [3.63, 3.8) is 0 Å². The fourth-order valence-electron chi connectivity index (χ4n) is 3.92. The summed E-state index contributed by atoms with van der Waals surface area (Å²) in [5.41, 5.74) is 9.37. The Balaban J connectivity index is 1.73. The molecule has 0 saturated carbocycles. The quantitative estimate of drug-likeness (QED) is 0.293. The average molecular weight is 446 g/mol. The van der Waals surface area contributed by atoms with Gasteiger partial charge in [0.2, 0.25) is 0 Å². The Hall–Kier alpha value is -4.64. The van der Waals surface area contributed by atoms with Gasteiger partial charge in [-0.1, -0.05) is 78.9 Å². The molecule has 0 radical (unpaired) electrons. The van der Waals surface area contributed by atoms with Crippen molar-refractivity contribution in [3.05, 3.63) is 115 Å². The van der Waals surface area contributed by atoms with Crippen LogP contribution in [0.25, 0.3) is 39.6 Å². The van der Waals surface area contributed by atoms with Gasteiger partial charge in [0.25, 0.3) is 0 Å². The number of carbonyl (C=O) groups excluding carboxylic acids is 1. The third-order valence-electron chi connectivity index (χ3n) is 5.44. The Labute approximate surface area is 198 Å². The van der Waals surface area contributed by atoms with Crippen LogP contribution in [0.5, 0.6) is 0 Å². The Bertz CT molecular complexity index is 1400. The zero-order chi connectivity index (χ0) is 23.3. The molecule has 0 spiro atoms. The van der Waals surface area contributed by atoms with E-state index in [1.807, 2.05) is 78.9 Å². The standard InChI is InChI=1S/C29H23N3O2/c1-21(33)34-31-25-19-17-24(18-20-25)29-30-27(22-11-5-2-6-12-22)28(23-13-7-3-8-14-23)32(29)26-15-9-4-10-16-26/h2-20,31H,1H3. The van der Waals surface area contributed by atoms with Crippen LogP contribution in [-0.2, 0) is 9.63 Å². The molecule has 0 bridgehead atoms. The highest BCUT2D eigenvalue weighted by atomic mass is 16.7. The van der Waals surface area contributed by atoms with E-state index in [-0.39, 0.29) is 0 Å². The maximum Gasteiger partial charge on any atom is 0.329 e. The van der Waals surface area contributed by atoms with E-state index in [0.29, 0.717) is 5.69 Å². The van der Waals surface area contributed by atoms with Crippen molar-refractivity contribution in [1.29, 1.82) is 0 Å². The Morgan fingerprint density at radius 2 is 1.26 bits per heavy atom. The molecule has 5 rings (SSSR count). The van der Waals surface area contributed by atoms with E-state index in [9.17, 15) is 4.79 Å². The number of aromatic nitrogens is 2. The van der Waals surface area contributed by atoms with Crippen LogP contribution in [0, 0.1) is 0 Å². The van der Waals surface area contributed by atoms with E-state index < -0.39 is 5.97 Å². The van der Waals surface area contributed by atoms with E-state index in [0.717, 1.165) is 39.6 Å². The number of hydrogen-bond acceptors (Lipinski definition) is 4. The molecule has 166 valence electrons. The van der Waals surface area contributed by atoms with Crippen molar-refractivity contribution in [2.24, 2.45) is 0 Å². The molecule has 1 heterocycles. The van der Waals surface area contributed by atoms with Gasteiger partial charge in [-0.15, -0.1) is 0 Å². The van der Waals surface area contributed by atoms with Crippen molar-refractivity contribution in [3.8, 4) is 39.6 Å². The predicted molar refractivity (Wildman–Crippen MR) is 135 cm³/mol. The number of imidazole rings is 1. The summed E-state index contributed by atoms with van der Waals surface area (Å²) in [6.07, 6.45) is 0. The highest BCUT2D eigenvalue weighted by Gasteiger charge is 2.22. The summed E-state index contributed by atoms with van der Waals surface area (Å²) >= 11 is 0. The van der Waals surface area contributed by atoms with Crippen LogP contribution in [-0.4, -0.2) is 15.5 Å². The lowest BCUT2D eigenvalue weighted by molar-refractivity contribution is -0.138. The van der Waals surface area contributed by atoms with Crippen LogP contribution >= 0.6 is 0 Å². The minimum absolute atomic E-state index is 0.399. The summed E-state index contributed by atoms with van der Waals surface area (Å²) in [7, 11) is 0. The van der Waals surface area contributed by atoms with E-state index in [1.165, 1.54) is 6.92 Å². The summed E-state index contributed by atoms with van der Waals surface area (Å²) in [4.78, 5) is 21.2. The third-order valence-corrected chi connectivity index (χ3v) is 5.44. The summed E-state index contributed by atoms with van der Waals surface area (Å²) in [5.74, 6) is 0.423. The molecule has 0 atom stereocenters. The second kappa shape index (κ2) is 9.46. The van der Waals surface area contributed by atoms with Crippen molar-refractivity contribution < 1.29 is 9.63 Å². The smallest absolute Gasteiger partial charge is 0.329 e. The molecule has 0 aliphatic heterocycles. The number of benzene rings is 4. The number of anilines is 1. The van der Waals surface area contributed by atoms with Crippen molar-refractivity contribution in [2.75, 3.05) is 5.48 Å². The van der Waals surface area contributed by atoms with Gasteiger partial charge >= 0.3 is 5.97 Å². The molecule has 5 nitrogen and oxygen atoms in total. The molecule has 0 aliphatic rings. The van der Waals surface area contributed by atoms with Crippen LogP contribution < -0.4 is 5.48 Å². The van der Waals surface area contributed by atoms with Crippen LogP contribution in [0.2, 0.25) is 0 Å². The zero-order valence-electron chi connectivity index (χ0n) is 18.7. The number of nitrogens with one attached hydrogen (secondary N) is 1. The van der Waals surface area contributed by atoms with Gasteiger partial charge in [0, 0.05) is 29.3 Å². The van der Waals surface area contributed by atoms with E-state index in [1.54, 1.807) is 0 Å². The fraction of sp³-hybridized carbons (Fsp3) is 0.0345. The molecular weight excluding hydrogens is 422 g/mol. The third kappa shape index (κ3) is 4.32. The summed E-state index contributed by atoms with van der Waals surface area (Å²) in [5, 5.41) is 0. The first kappa shape index (κ1) is 21.2. The first-order valence-electron chi connectivity index (χ1n) is 11.0.